The van der Waals surface area contributed by atoms with Gasteiger partial charge in [-0.05, 0) is 46.6 Å². The predicted molar refractivity (Wildman–Crippen MR) is 87.7 cm³/mol. The Morgan fingerprint density at radius 3 is 2.53 bits per heavy atom. The van der Waals surface area contributed by atoms with Gasteiger partial charge in [-0.3, -0.25) is 0 Å². The van der Waals surface area contributed by atoms with Crippen molar-refractivity contribution in [2.24, 2.45) is 0 Å². The van der Waals surface area contributed by atoms with Gasteiger partial charge in [0, 0.05) is 10.0 Å². The first kappa shape index (κ1) is 14.9. The van der Waals surface area contributed by atoms with Crippen LogP contribution in [0.3, 0.4) is 0 Å². The van der Waals surface area contributed by atoms with Crippen LogP contribution in [0.25, 0.3) is 0 Å². The molecule has 0 saturated heterocycles. The van der Waals surface area contributed by atoms with Crippen LogP contribution in [0.15, 0.2) is 40.9 Å². The van der Waals surface area contributed by atoms with Gasteiger partial charge in [0.25, 0.3) is 0 Å². The normalized spacial score (nSPS) is 12.3. The Morgan fingerprint density at radius 1 is 1.16 bits per heavy atom. The Bertz CT molecular complexity index is 599. The molecule has 0 fully saturated rings. The van der Waals surface area contributed by atoms with E-state index in [4.69, 9.17) is 16.3 Å². The van der Waals surface area contributed by atoms with Crippen LogP contribution in [0, 0.1) is 6.92 Å². The average Bonchev–Trinajstić information content (AvgIpc) is 2.41. The predicted octanol–water partition coefficient (Wildman–Crippen LogP) is 5.90. The molecule has 0 saturated carbocycles. The zero-order chi connectivity index (χ0) is 14.0. The second kappa shape index (κ2) is 6.29. The summed E-state index contributed by atoms with van der Waals surface area (Å²) in [6, 6.07) is 12.1. The van der Waals surface area contributed by atoms with E-state index in [0.29, 0.717) is 5.02 Å². The summed E-state index contributed by atoms with van der Waals surface area (Å²) in [6.45, 7) is 2.07. The Labute approximate surface area is 135 Å². The van der Waals surface area contributed by atoms with E-state index >= 15 is 0 Å². The van der Waals surface area contributed by atoms with Crippen molar-refractivity contribution in [1.29, 1.82) is 0 Å². The summed E-state index contributed by atoms with van der Waals surface area (Å²) in [5.41, 5.74) is 3.44. The topological polar surface area (TPSA) is 9.23 Å². The highest BCUT2D eigenvalue weighted by Gasteiger charge is 2.16. The third-order valence-corrected chi connectivity index (χ3v) is 5.13. The average molecular weight is 405 g/mol. The number of benzene rings is 2. The van der Waals surface area contributed by atoms with Crippen LogP contribution < -0.4 is 4.74 Å². The van der Waals surface area contributed by atoms with Gasteiger partial charge >= 0.3 is 0 Å². The van der Waals surface area contributed by atoms with E-state index < -0.39 is 0 Å². The molecule has 1 atom stereocenters. The Morgan fingerprint density at radius 2 is 1.89 bits per heavy atom. The number of halogens is 3. The molecule has 0 aliphatic heterocycles. The van der Waals surface area contributed by atoms with Crippen LogP contribution in [-0.2, 0) is 0 Å². The third kappa shape index (κ3) is 3.33. The highest BCUT2D eigenvalue weighted by atomic mass is 79.9. The first-order valence-corrected chi connectivity index (χ1v) is 7.85. The standard InChI is InChI=1S/C15H13Br2ClO/c1-9-3-6-14(19-2)11(7-9)15(17)10-4-5-13(18)12(16)8-10/h3-8,15H,1-2H3. The minimum Gasteiger partial charge on any atom is -0.496 e. The summed E-state index contributed by atoms with van der Waals surface area (Å²) in [4.78, 5) is 0.0657. The number of aryl methyl sites for hydroxylation is 1. The summed E-state index contributed by atoms with van der Waals surface area (Å²) in [5, 5.41) is 0.708. The van der Waals surface area contributed by atoms with Crippen LogP contribution in [0.1, 0.15) is 21.5 Å². The van der Waals surface area contributed by atoms with Gasteiger partial charge < -0.3 is 4.74 Å². The summed E-state index contributed by atoms with van der Waals surface area (Å²) in [5.74, 6) is 0.874. The minimum atomic E-state index is 0.0657. The minimum absolute atomic E-state index is 0.0657. The molecule has 0 spiro atoms. The number of rotatable bonds is 3. The fourth-order valence-corrected chi connectivity index (χ4v) is 3.06. The first-order valence-electron chi connectivity index (χ1n) is 5.76. The lowest BCUT2D eigenvalue weighted by Gasteiger charge is -2.16. The zero-order valence-electron chi connectivity index (χ0n) is 10.6. The molecule has 19 heavy (non-hydrogen) atoms. The van der Waals surface area contributed by atoms with Crippen molar-refractivity contribution in [2.45, 2.75) is 11.8 Å². The van der Waals surface area contributed by atoms with Crippen molar-refractivity contribution in [2.75, 3.05) is 7.11 Å². The lowest BCUT2D eigenvalue weighted by Crippen LogP contribution is -1.98. The molecule has 1 nitrogen and oxygen atoms in total. The van der Waals surface area contributed by atoms with Crippen LogP contribution in [0.2, 0.25) is 5.02 Å². The molecule has 0 N–H and O–H groups in total. The Balaban J connectivity index is 2.45. The number of alkyl halides is 1. The molecule has 100 valence electrons. The molecule has 2 rings (SSSR count). The Kier molecular flexibility index (Phi) is 4.93. The zero-order valence-corrected chi connectivity index (χ0v) is 14.5. The maximum atomic E-state index is 6.03. The van der Waals surface area contributed by atoms with Gasteiger partial charge in [0.2, 0.25) is 0 Å². The van der Waals surface area contributed by atoms with Gasteiger partial charge in [-0.2, -0.15) is 0 Å². The van der Waals surface area contributed by atoms with Crippen molar-refractivity contribution in [1.82, 2.24) is 0 Å². The second-order valence-electron chi connectivity index (χ2n) is 4.28. The van der Waals surface area contributed by atoms with Crippen molar-refractivity contribution in [3.63, 3.8) is 0 Å². The largest absolute Gasteiger partial charge is 0.496 e. The van der Waals surface area contributed by atoms with Crippen LogP contribution in [0.4, 0.5) is 0 Å². The van der Waals surface area contributed by atoms with E-state index in [1.54, 1.807) is 7.11 Å². The molecule has 0 aliphatic rings. The SMILES string of the molecule is COc1ccc(C)cc1C(Br)c1ccc(Cl)c(Br)c1. The van der Waals surface area contributed by atoms with Gasteiger partial charge in [-0.15, -0.1) is 0 Å². The van der Waals surface area contributed by atoms with Crippen molar-refractivity contribution in [3.05, 3.63) is 62.6 Å². The van der Waals surface area contributed by atoms with Crippen molar-refractivity contribution < 1.29 is 4.74 Å². The van der Waals surface area contributed by atoms with E-state index in [2.05, 4.69) is 44.8 Å². The van der Waals surface area contributed by atoms with Gasteiger partial charge in [0.1, 0.15) is 5.75 Å². The van der Waals surface area contributed by atoms with Crippen LogP contribution >= 0.6 is 43.5 Å². The molecule has 0 aromatic heterocycles. The number of ether oxygens (including phenoxy) is 1. The number of hydrogen-bond acceptors (Lipinski definition) is 1. The van der Waals surface area contributed by atoms with Crippen LogP contribution in [0.5, 0.6) is 5.75 Å². The summed E-state index contributed by atoms with van der Waals surface area (Å²) in [7, 11) is 1.69. The molecule has 0 heterocycles. The molecule has 2 aromatic rings. The monoisotopic (exact) mass is 402 g/mol. The molecular weight excluding hydrogens is 391 g/mol. The molecular formula is C15H13Br2ClO. The van der Waals surface area contributed by atoms with Crippen LogP contribution in [-0.4, -0.2) is 7.11 Å². The lowest BCUT2D eigenvalue weighted by molar-refractivity contribution is 0.410. The molecule has 0 radical (unpaired) electrons. The number of hydrogen-bond donors (Lipinski definition) is 0. The van der Waals surface area contributed by atoms with Crippen molar-refractivity contribution in [3.8, 4) is 5.75 Å². The maximum Gasteiger partial charge on any atom is 0.123 e. The summed E-state index contributed by atoms with van der Waals surface area (Å²) < 4.78 is 6.32. The molecule has 1 unspecified atom stereocenters. The summed E-state index contributed by atoms with van der Waals surface area (Å²) >= 11 is 13.2. The quantitative estimate of drug-likeness (QED) is 0.579. The second-order valence-corrected chi connectivity index (χ2v) is 6.46. The molecule has 2 aromatic carbocycles. The fourth-order valence-electron chi connectivity index (χ4n) is 1.90. The third-order valence-electron chi connectivity index (χ3n) is 2.89. The van der Waals surface area contributed by atoms with Gasteiger partial charge in [0.15, 0.2) is 0 Å². The van der Waals surface area contributed by atoms with E-state index in [1.807, 2.05) is 30.3 Å². The molecule has 4 heteroatoms. The molecule has 0 amide bonds. The molecule has 0 aliphatic carbocycles. The fraction of sp³-hybridized carbons (Fsp3) is 0.200. The van der Waals surface area contributed by atoms with E-state index in [1.165, 1.54) is 5.56 Å². The highest BCUT2D eigenvalue weighted by Crippen LogP contribution is 2.38. The number of methoxy groups -OCH3 is 1. The van der Waals surface area contributed by atoms with E-state index in [0.717, 1.165) is 21.3 Å². The molecule has 0 bridgehead atoms. The Hall–Kier alpha value is -0.510. The van der Waals surface area contributed by atoms with Gasteiger partial charge in [0.05, 0.1) is 17.0 Å². The first-order chi connectivity index (χ1) is 9.02. The summed E-state index contributed by atoms with van der Waals surface area (Å²) in [6.07, 6.45) is 0. The lowest BCUT2D eigenvalue weighted by atomic mass is 10.0. The van der Waals surface area contributed by atoms with Gasteiger partial charge in [-0.25, -0.2) is 0 Å². The smallest absolute Gasteiger partial charge is 0.123 e. The van der Waals surface area contributed by atoms with Gasteiger partial charge in [-0.1, -0.05) is 51.3 Å². The van der Waals surface area contributed by atoms with Crippen molar-refractivity contribution >= 4 is 43.5 Å². The van der Waals surface area contributed by atoms with E-state index in [9.17, 15) is 0 Å². The maximum absolute atomic E-state index is 6.03. The van der Waals surface area contributed by atoms with E-state index in [-0.39, 0.29) is 4.83 Å². The highest BCUT2D eigenvalue weighted by molar-refractivity contribution is 9.10.